The number of aromatic nitrogens is 1. The zero-order valence-corrected chi connectivity index (χ0v) is 6.12. The van der Waals surface area contributed by atoms with Gasteiger partial charge in [0.05, 0.1) is 0 Å². The molecule has 53 valence electrons. The van der Waals surface area contributed by atoms with E-state index in [0.717, 1.165) is 10.9 Å². The maximum absolute atomic E-state index is 4.03. The fourth-order valence-corrected chi connectivity index (χ4v) is 1.13. The second kappa shape index (κ2) is 2.35. The fraction of sp³-hybridized carbons (Fsp3) is 0. The van der Waals surface area contributed by atoms with Crippen molar-refractivity contribution in [3.63, 3.8) is 0 Å². The molecular formula is C10H8N. The molecule has 0 saturated carbocycles. The third-order valence-corrected chi connectivity index (χ3v) is 1.70. The highest BCUT2D eigenvalue weighted by Gasteiger charge is 1.90. The Balaban J connectivity index is 2.83. The van der Waals surface area contributed by atoms with E-state index in [4.69, 9.17) is 0 Å². The predicted octanol–water partition coefficient (Wildman–Crippen LogP) is 2.42. The highest BCUT2D eigenvalue weighted by Crippen LogP contribution is 2.12. The molecule has 0 spiro atoms. The molecule has 0 aliphatic carbocycles. The van der Waals surface area contributed by atoms with Gasteiger partial charge in [-0.25, -0.2) is 0 Å². The van der Waals surface area contributed by atoms with E-state index >= 15 is 0 Å². The minimum atomic E-state index is 1.03. The maximum atomic E-state index is 4.03. The van der Waals surface area contributed by atoms with Crippen molar-refractivity contribution < 1.29 is 0 Å². The summed E-state index contributed by atoms with van der Waals surface area (Å²) < 4.78 is 0. The van der Waals surface area contributed by atoms with E-state index in [0.29, 0.717) is 0 Å². The highest BCUT2D eigenvalue weighted by atomic mass is 14.6. The molecule has 1 aromatic heterocycles. The SMILES string of the molecule is [CH2]c1ccc2ccncc2c1. The Bertz CT molecular complexity index is 379. The lowest BCUT2D eigenvalue weighted by molar-refractivity contribution is 1.36. The first-order valence-corrected chi connectivity index (χ1v) is 3.52. The first-order chi connectivity index (χ1) is 5.36. The zero-order chi connectivity index (χ0) is 7.68. The summed E-state index contributed by atoms with van der Waals surface area (Å²) in [6, 6.07) is 8.08. The molecule has 2 rings (SSSR count). The van der Waals surface area contributed by atoms with E-state index < -0.39 is 0 Å². The molecule has 1 aromatic carbocycles. The van der Waals surface area contributed by atoms with Gasteiger partial charge < -0.3 is 0 Å². The minimum absolute atomic E-state index is 1.03. The van der Waals surface area contributed by atoms with Crippen LogP contribution < -0.4 is 0 Å². The Labute approximate surface area is 65.7 Å². The van der Waals surface area contributed by atoms with Crippen molar-refractivity contribution in [2.45, 2.75) is 0 Å². The molecule has 0 unspecified atom stereocenters. The van der Waals surface area contributed by atoms with Gasteiger partial charge in [0.1, 0.15) is 0 Å². The summed E-state index contributed by atoms with van der Waals surface area (Å²) in [5.74, 6) is 0. The standard InChI is InChI=1S/C10H8N/c1-8-2-3-9-4-5-11-7-10(9)6-8/h2-7H,1H2. The first kappa shape index (κ1) is 6.35. The van der Waals surface area contributed by atoms with Crippen molar-refractivity contribution in [3.8, 4) is 0 Å². The van der Waals surface area contributed by atoms with Gasteiger partial charge in [0.15, 0.2) is 0 Å². The van der Waals surface area contributed by atoms with E-state index in [-0.39, 0.29) is 0 Å². The van der Waals surface area contributed by atoms with Crippen LogP contribution in [0.25, 0.3) is 10.8 Å². The van der Waals surface area contributed by atoms with Gasteiger partial charge in [-0.2, -0.15) is 0 Å². The number of fused-ring (bicyclic) bond motifs is 1. The topological polar surface area (TPSA) is 12.9 Å². The highest BCUT2D eigenvalue weighted by molar-refractivity contribution is 5.82. The van der Waals surface area contributed by atoms with Crippen molar-refractivity contribution in [3.05, 3.63) is 49.1 Å². The summed E-state index contributed by atoms with van der Waals surface area (Å²) >= 11 is 0. The summed E-state index contributed by atoms with van der Waals surface area (Å²) in [6.07, 6.45) is 3.65. The number of benzene rings is 1. The van der Waals surface area contributed by atoms with Crippen LogP contribution in [0.3, 0.4) is 0 Å². The Hall–Kier alpha value is -1.37. The van der Waals surface area contributed by atoms with Crippen LogP contribution in [-0.2, 0) is 0 Å². The molecule has 0 aliphatic heterocycles. The van der Waals surface area contributed by atoms with Gasteiger partial charge in [-0.05, 0) is 30.0 Å². The summed E-state index contributed by atoms with van der Waals surface area (Å²) in [6.45, 7) is 3.84. The number of hydrogen-bond donors (Lipinski definition) is 0. The molecule has 0 aliphatic rings. The van der Waals surface area contributed by atoms with Crippen molar-refractivity contribution in [1.29, 1.82) is 0 Å². The Kier molecular flexibility index (Phi) is 1.35. The van der Waals surface area contributed by atoms with E-state index in [1.54, 1.807) is 6.20 Å². The molecular weight excluding hydrogens is 134 g/mol. The molecule has 2 aromatic rings. The van der Waals surface area contributed by atoms with E-state index in [1.807, 2.05) is 24.4 Å². The summed E-state index contributed by atoms with van der Waals surface area (Å²) in [4.78, 5) is 4.03. The molecule has 0 amide bonds. The van der Waals surface area contributed by atoms with Crippen LogP contribution in [-0.4, -0.2) is 4.98 Å². The Morgan fingerprint density at radius 3 is 2.91 bits per heavy atom. The maximum Gasteiger partial charge on any atom is 0.0346 e. The minimum Gasteiger partial charge on any atom is -0.264 e. The average molecular weight is 142 g/mol. The second-order valence-electron chi connectivity index (χ2n) is 2.56. The first-order valence-electron chi connectivity index (χ1n) is 3.52. The average Bonchev–Trinajstić information content (AvgIpc) is 2.04. The lowest BCUT2D eigenvalue weighted by Gasteiger charge is -1.96. The van der Waals surface area contributed by atoms with E-state index in [9.17, 15) is 0 Å². The van der Waals surface area contributed by atoms with Gasteiger partial charge in [0.2, 0.25) is 0 Å². The molecule has 1 radical (unpaired) electrons. The monoisotopic (exact) mass is 142 g/mol. The largest absolute Gasteiger partial charge is 0.264 e. The Morgan fingerprint density at radius 1 is 1.09 bits per heavy atom. The quantitative estimate of drug-likeness (QED) is 0.550. The molecule has 0 N–H and O–H groups in total. The molecule has 1 heteroatoms. The third kappa shape index (κ3) is 1.09. The number of hydrogen-bond acceptors (Lipinski definition) is 1. The van der Waals surface area contributed by atoms with Gasteiger partial charge in [-0.1, -0.05) is 12.1 Å². The van der Waals surface area contributed by atoms with Crippen molar-refractivity contribution >= 4 is 10.8 Å². The molecule has 11 heavy (non-hydrogen) atoms. The van der Waals surface area contributed by atoms with Crippen LogP contribution in [0.5, 0.6) is 0 Å². The van der Waals surface area contributed by atoms with Crippen molar-refractivity contribution in [1.82, 2.24) is 4.98 Å². The number of nitrogens with zero attached hydrogens (tertiary/aromatic N) is 1. The van der Waals surface area contributed by atoms with Crippen LogP contribution >= 0.6 is 0 Å². The van der Waals surface area contributed by atoms with Gasteiger partial charge >= 0.3 is 0 Å². The van der Waals surface area contributed by atoms with E-state index in [1.165, 1.54) is 5.39 Å². The van der Waals surface area contributed by atoms with Crippen LogP contribution in [0, 0.1) is 6.92 Å². The number of pyridine rings is 1. The molecule has 0 saturated heterocycles. The summed E-state index contributed by atoms with van der Waals surface area (Å²) in [7, 11) is 0. The predicted molar refractivity (Wildman–Crippen MR) is 46.2 cm³/mol. The zero-order valence-electron chi connectivity index (χ0n) is 6.12. The van der Waals surface area contributed by atoms with Gasteiger partial charge in [-0.3, -0.25) is 4.98 Å². The molecule has 1 heterocycles. The summed E-state index contributed by atoms with van der Waals surface area (Å²) in [5, 5.41) is 2.37. The second-order valence-corrected chi connectivity index (χ2v) is 2.56. The van der Waals surface area contributed by atoms with Gasteiger partial charge in [0, 0.05) is 17.8 Å². The smallest absolute Gasteiger partial charge is 0.0346 e. The third-order valence-electron chi connectivity index (χ3n) is 1.70. The fourth-order valence-electron chi connectivity index (χ4n) is 1.13. The van der Waals surface area contributed by atoms with Gasteiger partial charge in [-0.15, -0.1) is 0 Å². The molecule has 0 bridgehead atoms. The summed E-state index contributed by atoms with van der Waals surface area (Å²) in [5.41, 5.74) is 1.03. The van der Waals surface area contributed by atoms with Gasteiger partial charge in [0.25, 0.3) is 0 Å². The Morgan fingerprint density at radius 2 is 2.00 bits per heavy atom. The normalized spacial score (nSPS) is 10.3. The van der Waals surface area contributed by atoms with Crippen LogP contribution in [0.2, 0.25) is 0 Å². The number of rotatable bonds is 0. The van der Waals surface area contributed by atoms with Crippen molar-refractivity contribution in [2.75, 3.05) is 0 Å². The van der Waals surface area contributed by atoms with Crippen LogP contribution in [0.15, 0.2) is 36.7 Å². The van der Waals surface area contributed by atoms with Crippen molar-refractivity contribution in [2.24, 2.45) is 0 Å². The molecule has 1 nitrogen and oxygen atoms in total. The lowest BCUT2D eigenvalue weighted by Crippen LogP contribution is -1.75. The molecule has 0 atom stereocenters. The van der Waals surface area contributed by atoms with Crippen LogP contribution in [0.1, 0.15) is 5.56 Å². The lowest BCUT2D eigenvalue weighted by atomic mass is 10.1. The van der Waals surface area contributed by atoms with E-state index in [2.05, 4.69) is 18.0 Å². The van der Waals surface area contributed by atoms with Crippen LogP contribution in [0.4, 0.5) is 0 Å². The molecule has 0 fully saturated rings.